The second-order valence-corrected chi connectivity index (χ2v) is 3.11. The zero-order chi connectivity index (χ0) is 8.69. The molecular weight excluding hydrogens is 136 g/mol. The van der Waals surface area contributed by atoms with Crippen molar-refractivity contribution in [3.8, 4) is 0 Å². The van der Waals surface area contributed by atoms with Gasteiger partial charge in [0.1, 0.15) is 20.3 Å². The fraction of sp³-hybridized carbons (Fsp3) is 0.778. The third-order valence-electron chi connectivity index (χ3n) is 1.72. The van der Waals surface area contributed by atoms with E-state index in [0.717, 1.165) is 13.0 Å². The summed E-state index contributed by atoms with van der Waals surface area (Å²) < 4.78 is 1.96. The summed E-state index contributed by atoms with van der Waals surface area (Å²) in [5.74, 6) is 0. The molecule has 0 saturated carbocycles. The molecule has 0 N–H and O–H groups in total. The molecule has 2 nitrogen and oxygen atoms in total. The smallest absolute Gasteiger partial charge is 0.142 e. The minimum absolute atomic E-state index is 0.421. The number of hydrogen-bond acceptors (Lipinski definition) is 1. The quantitative estimate of drug-likeness (QED) is 0.314. The first-order chi connectivity index (χ1) is 5.16. The van der Waals surface area contributed by atoms with Gasteiger partial charge in [-0.05, 0) is 26.5 Å². The van der Waals surface area contributed by atoms with Gasteiger partial charge < -0.3 is 0 Å². The van der Waals surface area contributed by atoms with Crippen LogP contribution in [0.2, 0.25) is 0 Å². The van der Waals surface area contributed by atoms with Gasteiger partial charge in [0.25, 0.3) is 0 Å². The Morgan fingerprint density at radius 3 is 2.55 bits per heavy atom. The number of rotatable bonds is 6. The molecule has 0 rings (SSSR count). The van der Waals surface area contributed by atoms with Crippen LogP contribution in [0.15, 0.2) is 4.99 Å². The summed E-state index contributed by atoms with van der Waals surface area (Å²) in [6.45, 7) is 10.4. The predicted molar refractivity (Wildman–Crippen MR) is 51.0 cm³/mol. The second kappa shape index (κ2) is 6.08. The van der Waals surface area contributed by atoms with Crippen molar-refractivity contribution in [2.75, 3.05) is 13.6 Å². The summed E-state index contributed by atoms with van der Waals surface area (Å²) in [4.78, 5) is 3.93. The van der Waals surface area contributed by atoms with Gasteiger partial charge >= 0.3 is 0 Å². The molecule has 0 aliphatic rings. The summed E-state index contributed by atoms with van der Waals surface area (Å²) >= 11 is 0. The van der Waals surface area contributed by atoms with E-state index in [2.05, 4.69) is 25.4 Å². The van der Waals surface area contributed by atoms with E-state index in [9.17, 15) is 0 Å². The molecule has 0 aliphatic carbocycles. The van der Waals surface area contributed by atoms with Gasteiger partial charge in [0.05, 0.1) is 0 Å². The third-order valence-corrected chi connectivity index (χ3v) is 1.72. The molecule has 0 radical (unpaired) electrons. The molecule has 0 aromatic heterocycles. The molecule has 0 spiro atoms. The second-order valence-electron chi connectivity index (χ2n) is 3.11. The van der Waals surface area contributed by atoms with E-state index in [4.69, 9.17) is 0 Å². The van der Waals surface area contributed by atoms with Gasteiger partial charge in [-0.1, -0.05) is 0 Å². The van der Waals surface area contributed by atoms with Gasteiger partial charge in [-0.2, -0.15) is 0 Å². The fourth-order valence-electron chi connectivity index (χ4n) is 0.913. The molecule has 0 bridgehead atoms. The lowest BCUT2D eigenvalue weighted by atomic mass is 10.1. The standard InChI is InChI=1S/C9H19N2/c1-9(10-2)7-5-6-8-11(3)4/h9H,2-3,5-8H2,1,4H3/q+1. The van der Waals surface area contributed by atoms with Crippen molar-refractivity contribution in [1.82, 2.24) is 0 Å². The van der Waals surface area contributed by atoms with Crippen LogP contribution in [0.4, 0.5) is 0 Å². The summed E-state index contributed by atoms with van der Waals surface area (Å²) in [6.07, 6.45) is 3.58. The Bertz CT molecular complexity index is 130. The average molecular weight is 155 g/mol. The molecule has 0 saturated heterocycles. The van der Waals surface area contributed by atoms with E-state index < -0.39 is 0 Å². The summed E-state index contributed by atoms with van der Waals surface area (Å²) in [5, 5.41) is 0. The lowest BCUT2D eigenvalue weighted by Gasteiger charge is -2.02. The monoisotopic (exact) mass is 155 g/mol. The first-order valence-corrected chi connectivity index (χ1v) is 4.14. The van der Waals surface area contributed by atoms with Crippen LogP contribution < -0.4 is 0 Å². The number of aliphatic imine (C=N–C) groups is 1. The van der Waals surface area contributed by atoms with Crippen molar-refractivity contribution in [1.29, 1.82) is 0 Å². The highest BCUT2D eigenvalue weighted by atomic mass is 14.9. The van der Waals surface area contributed by atoms with Crippen LogP contribution in [0.5, 0.6) is 0 Å². The maximum Gasteiger partial charge on any atom is 0.142 e. The molecule has 1 unspecified atom stereocenters. The van der Waals surface area contributed by atoms with E-state index in [1.807, 2.05) is 11.6 Å². The molecule has 0 aromatic carbocycles. The predicted octanol–water partition coefficient (Wildman–Crippen LogP) is 1.59. The SMILES string of the molecule is C=NC(C)CCCC[N+](=C)C. The van der Waals surface area contributed by atoms with Crippen LogP contribution in [0, 0.1) is 0 Å². The summed E-state index contributed by atoms with van der Waals surface area (Å²) in [7, 11) is 2.00. The van der Waals surface area contributed by atoms with Gasteiger partial charge in [-0.25, -0.2) is 4.58 Å². The highest BCUT2D eigenvalue weighted by molar-refractivity contribution is 5.23. The normalized spacial score (nSPS) is 12.5. The first kappa shape index (κ1) is 10.3. The number of nitrogens with zero attached hydrogens (tertiary/aromatic N) is 2. The highest BCUT2D eigenvalue weighted by Crippen LogP contribution is 2.02. The number of hydrogen-bond donors (Lipinski definition) is 0. The van der Waals surface area contributed by atoms with Crippen LogP contribution in [0.1, 0.15) is 26.2 Å². The van der Waals surface area contributed by atoms with Crippen molar-refractivity contribution in [3.05, 3.63) is 0 Å². The first-order valence-electron chi connectivity index (χ1n) is 4.14. The molecule has 0 amide bonds. The Kier molecular flexibility index (Phi) is 5.71. The van der Waals surface area contributed by atoms with Crippen LogP contribution in [0.25, 0.3) is 0 Å². The lowest BCUT2D eigenvalue weighted by molar-refractivity contribution is -0.488. The largest absolute Gasteiger partial charge is 0.298 e. The van der Waals surface area contributed by atoms with E-state index in [-0.39, 0.29) is 0 Å². The third kappa shape index (κ3) is 7.23. The summed E-state index contributed by atoms with van der Waals surface area (Å²) in [5.41, 5.74) is 0. The maximum atomic E-state index is 3.93. The van der Waals surface area contributed by atoms with Crippen molar-refractivity contribution < 1.29 is 4.58 Å². The minimum Gasteiger partial charge on any atom is -0.298 e. The van der Waals surface area contributed by atoms with Gasteiger partial charge in [0.15, 0.2) is 0 Å². The van der Waals surface area contributed by atoms with E-state index in [1.54, 1.807) is 0 Å². The van der Waals surface area contributed by atoms with Crippen molar-refractivity contribution in [2.45, 2.75) is 32.2 Å². The van der Waals surface area contributed by atoms with Gasteiger partial charge in [0, 0.05) is 12.5 Å². The van der Waals surface area contributed by atoms with Crippen molar-refractivity contribution in [3.63, 3.8) is 0 Å². The maximum absolute atomic E-state index is 3.93. The molecule has 0 heterocycles. The van der Waals surface area contributed by atoms with Gasteiger partial charge in [-0.3, -0.25) is 4.99 Å². The fourth-order valence-corrected chi connectivity index (χ4v) is 0.913. The molecule has 0 aliphatic heterocycles. The lowest BCUT2D eigenvalue weighted by Crippen LogP contribution is -2.05. The summed E-state index contributed by atoms with van der Waals surface area (Å²) in [6, 6.07) is 0.421. The molecule has 0 aromatic rings. The molecule has 2 heteroatoms. The Morgan fingerprint density at radius 2 is 2.09 bits per heavy atom. The molecule has 11 heavy (non-hydrogen) atoms. The van der Waals surface area contributed by atoms with E-state index in [0.29, 0.717) is 6.04 Å². The minimum atomic E-state index is 0.421. The Labute approximate surface area is 69.7 Å². The Hall–Kier alpha value is -0.660. The van der Waals surface area contributed by atoms with E-state index in [1.165, 1.54) is 12.8 Å². The Morgan fingerprint density at radius 1 is 1.45 bits per heavy atom. The van der Waals surface area contributed by atoms with Crippen LogP contribution >= 0.6 is 0 Å². The molecular formula is C9H19N2+. The zero-order valence-corrected chi connectivity index (χ0v) is 7.71. The molecule has 64 valence electrons. The average Bonchev–Trinajstić information content (AvgIpc) is 1.97. The number of unbranched alkanes of at least 4 members (excludes halogenated alkanes) is 1. The van der Waals surface area contributed by atoms with E-state index >= 15 is 0 Å². The van der Waals surface area contributed by atoms with Crippen molar-refractivity contribution in [2.24, 2.45) is 4.99 Å². The van der Waals surface area contributed by atoms with Crippen molar-refractivity contribution >= 4 is 13.4 Å². The Balaban J connectivity index is 3.14. The van der Waals surface area contributed by atoms with Crippen LogP contribution in [-0.4, -0.2) is 37.6 Å². The topological polar surface area (TPSA) is 15.4 Å². The highest BCUT2D eigenvalue weighted by Gasteiger charge is 1.98. The van der Waals surface area contributed by atoms with Crippen LogP contribution in [-0.2, 0) is 0 Å². The van der Waals surface area contributed by atoms with Crippen LogP contribution in [0.3, 0.4) is 0 Å². The van der Waals surface area contributed by atoms with Gasteiger partial charge in [0.2, 0.25) is 0 Å². The van der Waals surface area contributed by atoms with Gasteiger partial charge in [-0.15, -0.1) is 0 Å². The molecule has 1 atom stereocenters. The molecule has 0 fully saturated rings. The zero-order valence-electron chi connectivity index (χ0n) is 7.71.